The fourth-order valence-corrected chi connectivity index (χ4v) is 1.43. The van der Waals surface area contributed by atoms with Crippen molar-refractivity contribution in [2.45, 2.75) is 32.2 Å². The number of nitrogens with one attached hydrogen (secondary N) is 1. The Morgan fingerprint density at radius 2 is 1.95 bits per heavy atom. The third kappa shape index (κ3) is 4.70. The van der Waals surface area contributed by atoms with Crippen molar-refractivity contribution in [1.29, 1.82) is 0 Å². The molecule has 0 spiro atoms. The second-order valence-electron chi connectivity index (χ2n) is 4.01. The number of unbranched alkanes of at least 4 members (excludes halogenated alkanes) is 1. The van der Waals surface area contributed by atoms with Crippen LogP contribution in [0, 0.1) is 0 Å². The molecule has 19 heavy (non-hydrogen) atoms. The highest BCUT2D eigenvalue weighted by Gasteiger charge is 2.15. The van der Waals surface area contributed by atoms with Crippen molar-refractivity contribution >= 4 is 11.9 Å². The van der Waals surface area contributed by atoms with Gasteiger partial charge in [0.05, 0.1) is 26.3 Å². The number of carbonyl (C=O) groups excluding carboxylic acids is 1. The van der Waals surface area contributed by atoms with Crippen LogP contribution in [0.15, 0.2) is 6.07 Å². The van der Waals surface area contributed by atoms with Gasteiger partial charge in [-0.15, -0.1) is 0 Å². The SMILES string of the molecule is CCCC[C@H](N)C(=O)Nc1nc(OC)cc(OC)n1. The van der Waals surface area contributed by atoms with Gasteiger partial charge in [0.15, 0.2) is 0 Å². The Bertz CT molecular complexity index is 403. The summed E-state index contributed by atoms with van der Waals surface area (Å²) in [5, 5.41) is 2.55. The molecule has 1 amide bonds. The average Bonchev–Trinajstić information content (AvgIpc) is 2.43. The van der Waals surface area contributed by atoms with Gasteiger partial charge in [-0.2, -0.15) is 9.97 Å². The van der Waals surface area contributed by atoms with E-state index in [1.165, 1.54) is 20.3 Å². The summed E-state index contributed by atoms with van der Waals surface area (Å²) in [5.74, 6) is 0.422. The first-order valence-corrected chi connectivity index (χ1v) is 6.14. The van der Waals surface area contributed by atoms with E-state index in [4.69, 9.17) is 15.2 Å². The van der Waals surface area contributed by atoms with Crippen molar-refractivity contribution in [2.24, 2.45) is 5.73 Å². The zero-order valence-electron chi connectivity index (χ0n) is 11.5. The fraction of sp³-hybridized carbons (Fsp3) is 0.583. The Hall–Kier alpha value is -1.89. The first kappa shape index (κ1) is 15.2. The molecule has 1 aromatic heterocycles. The lowest BCUT2D eigenvalue weighted by atomic mass is 10.1. The van der Waals surface area contributed by atoms with E-state index in [0.29, 0.717) is 18.2 Å². The van der Waals surface area contributed by atoms with Gasteiger partial charge in [-0.1, -0.05) is 19.8 Å². The predicted molar refractivity (Wildman–Crippen MR) is 71.3 cm³/mol. The number of carbonyl (C=O) groups is 1. The number of aromatic nitrogens is 2. The zero-order valence-corrected chi connectivity index (χ0v) is 11.5. The van der Waals surface area contributed by atoms with E-state index in [2.05, 4.69) is 15.3 Å². The number of ether oxygens (including phenoxy) is 2. The summed E-state index contributed by atoms with van der Waals surface area (Å²) in [6.45, 7) is 2.04. The number of anilines is 1. The van der Waals surface area contributed by atoms with Gasteiger partial charge in [-0.3, -0.25) is 10.1 Å². The molecule has 106 valence electrons. The summed E-state index contributed by atoms with van der Waals surface area (Å²) >= 11 is 0. The van der Waals surface area contributed by atoms with Crippen molar-refractivity contribution < 1.29 is 14.3 Å². The van der Waals surface area contributed by atoms with Crippen LogP contribution >= 0.6 is 0 Å². The second kappa shape index (κ2) is 7.52. The van der Waals surface area contributed by atoms with Crippen molar-refractivity contribution in [3.05, 3.63) is 6.07 Å². The van der Waals surface area contributed by atoms with E-state index in [1.807, 2.05) is 6.92 Å². The Balaban J connectivity index is 2.72. The first-order chi connectivity index (χ1) is 9.10. The number of methoxy groups -OCH3 is 2. The summed E-state index contributed by atoms with van der Waals surface area (Å²) in [5.41, 5.74) is 5.76. The fourth-order valence-electron chi connectivity index (χ4n) is 1.43. The number of hydrogen-bond donors (Lipinski definition) is 2. The van der Waals surface area contributed by atoms with Gasteiger partial charge in [0, 0.05) is 0 Å². The summed E-state index contributed by atoms with van der Waals surface area (Å²) in [6.07, 6.45) is 2.52. The largest absolute Gasteiger partial charge is 0.481 e. The molecular formula is C12H20N4O3. The van der Waals surface area contributed by atoms with Gasteiger partial charge in [0.1, 0.15) is 0 Å². The molecular weight excluding hydrogens is 248 g/mol. The molecule has 3 N–H and O–H groups in total. The standard InChI is InChI=1S/C12H20N4O3/c1-4-5-6-8(13)11(17)16-12-14-9(18-2)7-10(15-12)19-3/h7-8H,4-6,13H2,1-3H3,(H,14,15,16,17)/t8-/m0/s1. The van der Waals surface area contributed by atoms with E-state index in [0.717, 1.165) is 12.8 Å². The minimum Gasteiger partial charge on any atom is -0.481 e. The average molecular weight is 268 g/mol. The predicted octanol–water partition coefficient (Wildman–Crippen LogP) is 0.950. The van der Waals surface area contributed by atoms with Gasteiger partial charge in [0.25, 0.3) is 0 Å². The molecule has 1 atom stereocenters. The van der Waals surface area contributed by atoms with Crippen LogP contribution in [0.5, 0.6) is 11.8 Å². The highest BCUT2D eigenvalue weighted by atomic mass is 16.5. The molecule has 0 aliphatic rings. The minimum atomic E-state index is -0.569. The normalized spacial score (nSPS) is 11.8. The van der Waals surface area contributed by atoms with Crippen LogP contribution in [-0.2, 0) is 4.79 Å². The molecule has 0 saturated heterocycles. The lowest BCUT2D eigenvalue weighted by Gasteiger charge is -2.11. The van der Waals surface area contributed by atoms with Crippen LogP contribution in [0.25, 0.3) is 0 Å². The first-order valence-electron chi connectivity index (χ1n) is 6.14. The van der Waals surface area contributed by atoms with Crippen molar-refractivity contribution in [2.75, 3.05) is 19.5 Å². The maximum absolute atomic E-state index is 11.8. The summed E-state index contributed by atoms with van der Waals surface area (Å²) in [6, 6.07) is 0.952. The van der Waals surface area contributed by atoms with Crippen molar-refractivity contribution in [3.63, 3.8) is 0 Å². The Labute approximate surface area is 112 Å². The number of hydrogen-bond acceptors (Lipinski definition) is 6. The van der Waals surface area contributed by atoms with Gasteiger partial charge in [0.2, 0.25) is 23.6 Å². The van der Waals surface area contributed by atoms with E-state index in [-0.39, 0.29) is 11.9 Å². The highest BCUT2D eigenvalue weighted by molar-refractivity contribution is 5.93. The van der Waals surface area contributed by atoms with Gasteiger partial charge < -0.3 is 15.2 Å². The lowest BCUT2D eigenvalue weighted by molar-refractivity contribution is -0.117. The van der Waals surface area contributed by atoms with Gasteiger partial charge in [-0.25, -0.2) is 0 Å². The summed E-state index contributed by atoms with van der Waals surface area (Å²) < 4.78 is 9.98. The number of nitrogens with zero attached hydrogens (tertiary/aromatic N) is 2. The third-order valence-electron chi connectivity index (χ3n) is 2.54. The summed E-state index contributed by atoms with van der Waals surface area (Å²) in [7, 11) is 2.95. The van der Waals surface area contributed by atoms with Crippen LogP contribution in [0.2, 0.25) is 0 Å². The monoisotopic (exact) mass is 268 g/mol. The van der Waals surface area contributed by atoms with Crippen LogP contribution < -0.4 is 20.5 Å². The van der Waals surface area contributed by atoms with Crippen molar-refractivity contribution in [3.8, 4) is 11.8 Å². The van der Waals surface area contributed by atoms with Crippen LogP contribution in [0.4, 0.5) is 5.95 Å². The topological polar surface area (TPSA) is 99.4 Å². The quantitative estimate of drug-likeness (QED) is 0.763. The molecule has 0 bridgehead atoms. The van der Waals surface area contributed by atoms with Gasteiger partial charge in [-0.05, 0) is 6.42 Å². The number of rotatable bonds is 7. The van der Waals surface area contributed by atoms with Crippen LogP contribution in [0.3, 0.4) is 0 Å². The molecule has 1 rings (SSSR count). The summed E-state index contributed by atoms with van der Waals surface area (Å²) in [4.78, 5) is 19.8. The maximum atomic E-state index is 11.8. The molecule has 0 saturated carbocycles. The Morgan fingerprint density at radius 3 is 2.42 bits per heavy atom. The molecule has 0 radical (unpaired) electrons. The molecule has 1 aromatic rings. The molecule has 1 heterocycles. The molecule has 7 nitrogen and oxygen atoms in total. The van der Waals surface area contributed by atoms with E-state index in [1.54, 1.807) is 0 Å². The molecule has 0 aromatic carbocycles. The molecule has 7 heteroatoms. The maximum Gasteiger partial charge on any atom is 0.243 e. The van der Waals surface area contributed by atoms with Gasteiger partial charge >= 0.3 is 0 Å². The molecule has 0 unspecified atom stereocenters. The minimum absolute atomic E-state index is 0.119. The molecule has 0 aliphatic carbocycles. The molecule has 0 aliphatic heterocycles. The smallest absolute Gasteiger partial charge is 0.243 e. The number of amides is 1. The third-order valence-corrected chi connectivity index (χ3v) is 2.54. The van der Waals surface area contributed by atoms with E-state index < -0.39 is 6.04 Å². The molecule has 0 fully saturated rings. The van der Waals surface area contributed by atoms with Crippen molar-refractivity contribution in [1.82, 2.24) is 9.97 Å². The highest BCUT2D eigenvalue weighted by Crippen LogP contribution is 2.17. The second-order valence-corrected chi connectivity index (χ2v) is 4.01. The Kier molecular flexibility index (Phi) is 6.01. The zero-order chi connectivity index (χ0) is 14.3. The lowest BCUT2D eigenvalue weighted by Crippen LogP contribution is -2.36. The van der Waals surface area contributed by atoms with E-state index in [9.17, 15) is 4.79 Å². The Morgan fingerprint density at radius 1 is 1.37 bits per heavy atom. The number of nitrogens with two attached hydrogens (primary N) is 1. The van der Waals surface area contributed by atoms with Crippen LogP contribution in [0.1, 0.15) is 26.2 Å². The van der Waals surface area contributed by atoms with E-state index >= 15 is 0 Å². The van der Waals surface area contributed by atoms with Crippen LogP contribution in [-0.4, -0.2) is 36.1 Å².